The van der Waals surface area contributed by atoms with Crippen molar-refractivity contribution >= 4 is 5.91 Å². The Balaban J connectivity index is 1.98. The van der Waals surface area contributed by atoms with Gasteiger partial charge < -0.3 is 10.6 Å². The SMILES string of the molecule is NCCC1CCN(C(=O)c2ccccc2F)CC1. The molecule has 0 saturated carbocycles. The van der Waals surface area contributed by atoms with Gasteiger partial charge in [-0.2, -0.15) is 0 Å². The number of nitrogens with zero attached hydrogens (tertiary/aromatic N) is 1. The maximum atomic E-state index is 13.5. The molecule has 1 aliphatic rings. The number of nitrogens with two attached hydrogens (primary N) is 1. The van der Waals surface area contributed by atoms with E-state index in [1.807, 2.05) is 0 Å². The fourth-order valence-corrected chi connectivity index (χ4v) is 2.47. The number of halogens is 1. The first kappa shape index (κ1) is 13.0. The van der Waals surface area contributed by atoms with Crippen molar-refractivity contribution < 1.29 is 9.18 Å². The van der Waals surface area contributed by atoms with Crippen molar-refractivity contribution in [3.63, 3.8) is 0 Å². The van der Waals surface area contributed by atoms with Gasteiger partial charge >= 0.3 is 0 Å². The second kappa shape index (κ2) is 5.96. The van der Waals surface area contributed by atoms with Crippen molar-refractivity contribution in [2.75, 3.05) is 19.6 Å². The van der Waals surface area contributed by atoms with Gasteiger partial charge in [-0.05, 0) is 43.9 Å². The van der Waals surface area contributed by atoms with Crippen LogP contribution in [0.1, 0.15) is 29.6 Å². The Hall–Kier alpha value is -1.42. The summed E-state index contributed by atoms with van der Waals surface area (Å²) in [5.74, 6) is -0.0226. The predicted octanol–water partition coefficient (Wildman–Crippen LogP) is 2.03. The average Bonchev–Trinajstić information content (AvgIpc) is 2.40. The van der Waals surface area contributed by atoms with E-state index in [1.54, 1.807) is 23.1 Å². The molecule has 0 spiro atoms. The number of likely N-dealkylation sites (tertiary alicyclic amines) is 1. The number of amides is 1. The molecule has 1 amide bonds. The number of piperidine rings is 1. The lowest BCUT2D eigenvalue weighted by Gasteiger charge is -2.32. The molecule has 0 radical (unpaired) electrons. The minimum atomic E-state index is -0.438. The van der Waals surface area contributed by atoms with E-state index in [0.717, 1.165) is 19.3 Å². The van der Waals surface area contributed by atoms with Crippen LogP contribution in [0.5, 0.6) is 0 Å². The predicted molar refractivity (Wildman–Crippen MR) is 68.7 cm³/mol. The van der Waals surface area contributed by atoms with Crippen molar-refractivity contribution in [1.82, 2.24) is 4.90 Å². The third-order valence-electron chi connectivity index (χ3n) is 3.58. The van der Waals surface area contributed by atoms with Gasteiger partial charge in [0.05, 0.1) is 5.56 Å². The van der Waals surface area contributed by atoms with Gasteiger partial charge in [0.25, 0.3) is 5.91 Å². The molecular weight excluding hydrogens is 231 g/mol. The highest BCUT2D eigenvalue weighted by Gasteiger charge is 2.24. The summed E-state index contributed by atoms with van der Waals surface area (Å²) in [6.07, 6.45) is 2.95. The summed E-state index contributed by atoms with van der Waals surface area (Å²) in [6, 6.07) is 6.16. The van der Waals surface area contributed by atoms with E-state index in [4.69, 9.17) is 5.73 Å². The van der Waals surface area contributed by atoms with E-state index < -0.39 is 5.82 Å². The van der Waals surface area contributed by atoms with Crippen molar-refractivity contribution in [2.24, 2.45) is 11.7 Å². The molecule has 0 aliphatic carbocycles. The molecule has 0 bridgehead atoms. The Labute approximate surface area is 107 Å². The highest BCUT2D eigenvalue weighted by Crippen LogP contribution is 2.21. The van der Waals surface area contributed by atoms with Crippen LogP contribution < -0.4 is 5.73 Å². The van der Waals surface area contributed by atoms with Crippen LogP contribution in [-0.2, 0) is 0 Å². The number of carbonyl (C=O) groups is 1. The minimum Gasteiger partial charge on any atom is -0.339 e. The molecule has 1 fully saturated rings. The summed E-state index contributed by atoms with van der Waals surface area (Å²) in [5.41, 5.74) is 5.71. The normalized spacial score (nSPS) is 16.9. The second-order valence-electron chi connectivity index (χ2n) is 4.79. The quantitative estimate of drug-likeness (QED) is 0.892. The van der Waals surface area contributed by atoms with E-state index in [2.05, 4.69) is 0 Å². The van der Waals surface area contributed by atoms with Crippen LogP contribution in [0.3, 0.4) is 0 Å². The molecule has 3 nitrogen and oxygen atoms in total. The third kappa shape index (κ3) is 2.88. The zero-order valence-corrected chi connectivity index (χ0v) is 10.4. The number of benzene rings is 1. The summed E-state index contributed by atoms with van der Waals surface area (Å²) >= 11 is 0. The lowest BCUT2D eigenvalue weighted by atomic mass is 9.93. The first-order valence-electron chi connectivity index (χ1n) is 6.46. The molecule has 18 heavy (non-hydrogen) atoms. The molecule has 1 heterocycles. The van der Waals surface area contributed by atoms with Crippen molar-refractivity contribution in [1.29, 1.82) is 0 Å². The molecule has 1 aromatic carbocycles. The molecule has 2 rings (SSSR count). The summed E-state index contributed by atoms with van der Waals surface area (Å²) in [4.78, 5) is 13.9. The Morgan fingerprint density at radius 3 is 2.61 bits per heavy atom. The van der Waals surface area contributed by atoms with Crippen LogP contribution in [0.2, 0.25) is 0 Å². The van der Waals surface area contributed by atoms with Crippen molar-refractivity contribution in [3.8, 4) is 0 Å². The van der Waals surface area contributed by atoms with E-state index in [0.29, 0.717) is 25.6 Å². The highest BCUT2D eigenvalue weighted by atomic mass is 19.1. The highest BCUT2D eigenvalue weighted by molar-refractivity contribution is 5.94. The molecule has 1 saturated heterocycles. The Morgan fingerprint density at radius 1 is 1.33 bits per heavy atom. The first-order chi connectivity index (χ1) is 8.72. The molecule has 2 N–H and O–H groups in total. The summed E-state index contributed by atoms with van der Waals surface area (Å²) in [6.45, 7) is 2.11. The molecule has 1 aliphatic heterocycles. The molecule has 98 valence electrons. The van der Waals surface area contributed by atoms with Crippen molar-refractivity contribution in [3.05, 3.63) is 35.6 Å². The fraction of sp³-hybridized carbons (Fsp3) is 0.500. The van der Waals surface area contributed by atoms with Gasteiger partial charge in [-0.25, -0.2) is 4.39 Å². The molecule has 0 atom stereocenters. The maximum Gasteiger partial charge on any atom is 0.256 e. The van der Waals surface area contributed by atoms with E-state index in [-0.39, 0.29) is 11.5 Å². The van der Waals surface area contributed by atoms with Crippen LogP contribution in [0.4, 0.5) is 4.39 Å². The van der Waals surface area contributed by atoms with E-state index >= 15 is 0 Å². The van der Waals surface area contributed by atoms with Crippen LogP contribution in [0, 0.1) is 11.7 Å². The number of hydrogen-bond acceptors (Lipinski definition) is 2. The Bertz CT molecular complexity index is 414. The zero-order valence-electron chi connectivity index (χ0n) is 10.4. The average molecular weight is 250 g/mol. The van der Waals surface area contributed by atoms with Crippen LogP contribution in [0.25, 0.3) is 0 Å². The molecule has 1 aromatic rings. The number of hydrogen-bond donors (Lipinski definition) is 1. The monoisotopic (exact) mass is 250 g/mol. The smallest absolute Gasteiger partial charge is 0.256 e. The molecule has 0 aromatic heterocycles. The van der Waals surface area contributed by atoms with Gasteiger partial charge in [0.15, 0.2) is 0 Å². The third-order valence-corrected chi connectivity index (χ3v) is 3.58. The van der Waals surface area contributed by atoms with E-state index in [1.165, 1.54) is 6.07 Å². The summed E-state index contributed by atoms with van der Waals surface area (Å²) < 4.78 is 13.5. The minimum absolute atomic E-state index is 0.176. The van der Waals surface area contributed by atoms with Crippen molar-refractivity contribution in [2.45, 2.75) is 19.3 Å². The summed E-state index contributed by atoms with van der Waals surface area (Å²) in [7, 11) is 0. The molecule has 4 heteroatoms. The summed E-state index contributed by atoms with van der Waals surface area (Å²) in [5, 5.41) is 0. The molecular formula is C14H19FN2O. The Morgan fingerprint density at radius 2 is 2.00 bits per heavy atom. The second-order valence-corrected chi connectivity index (χ2v) is 4.79. The van der Waals surface area contributed by atoms with Crippen LogP contribution in [0.15, 0.2) is 24.3 Å². The fourth-order valence-electron chi connectivity index (χ4n) is 2.47. The standard InChI is InChI=1S/C14H19FN2O/c15-13-4-2-1-3-12(13)14(18)17-9-6-11(5-8-16)7-10-17/h1-4,11H,5-10,16H2. The van der Waals surface area contributed by atoms with Gasteiger partial charge in [-0.15, -0.1) is 0 Å². The van der Waals surface area contributed by atoms with Gasteiger partial charge in [-0.1, -0.05) is 12.1 Å². The van der Waals surface area contributed by atoms with E-state index in [9.17, 15) is 9.18 Å². The number of rotatable bonds is 3. The number of carbonyl (C=O) groups excluding carboxylic acids is 1. The van der Waals surface area contributed by atoms with Crippen LogP contribution in [-0.4, -0.2) is 30.4 Å². The zero-order chi connectivity index (χ0) is 13.0. The topological polar surface area (TPSA) is 46.3 Å². The van der Waals surface area contributed by atoms with Gasteiger partial charge in [0.1, 0.15) is 5.82 Å². The van der Waals surface area contributed by atoms with Gasteiger partial charge in [0.2, 0.25) is 0 Å². The lowest BCUT2D eigenvalue weighted by molar-refractivity contribution is 0.0683. The Kier molecular flexibility index (Phi) is 4.31. The van der Waals surface area contributed by atoms with Gasteiger partial charge in [-0.3, -0.25) is 4.79 Å². The maximum absolute atomic E-state index is 13.5. The largest absolute Gasteiger partial charge is 0.339 e. The first-order valence-corrected chi connectivity index (χ1v) is 6.46. The van der Waals surface area contributed by atoms with Crippen LogP contribution >= 0.6 is 0 Å². The lowest BCUT2D eigenvalue weighted by Crippen LogP contribution is -2.39. The van der Waals surface area contributed by atoms with Gasteiger partial charge in [0, 0.05) is 13.1 Å². The molecule has 0 unspecified atom stereocenters.